The van der Waals surface area contributed by atoms with Gasteiger partial charge in [0.2, 0.25) is 5.78 Å². The predicted molar refractivity (Wildman–Crippen MR) is 88.7 cm³/mol. The van der Waals surface area contributed by atoms with Crippen molar-refractivity contribution in [2.24, 2.45) is 4.99 Å². The smallest absolute Gasteiger partial charge is 0.307 e. The van der Waals surface area contributed by atoms with Crippen molar-refractivity contribution in [2.45, 2.75) is 19.8 Å². The summed E-state index contributed by atoms with van der Waals surface area (Å²) in [4.78, 5) is 27.8. The molecule has 2 N–H and O–H groups in total. The first kappa shape index (κ1) is 16.8. The van der Waals surface area contributed by atoms with Gasteiger partial charge in [0.25, 0.3) is 0 Å². The number of nitrogens with zero attached hydrogens (tertiary/aromatic N) is 2. The number of ketones is 1. The first-order valence-electron chi connectivity index (χ1n) is 7.19. The van der Waals surface area contributed by atoms with Crippen LogP contribution in [0.1, 0.15) is 30.2 Å². The molecular weight excluding hydrogens is 347 g/mol. The number of nitriles is 1. The van der Waals surface area contributed by atoms with Gasteiger partial charge < -0.3 is 10.2 Å². The van der Waals surface area contributed by atoms with Crippen molar-refractivity contribution in [1.82, 2.24) is 0 Å². The zero-order valence-electron chi connectivity index (χ0n) is 13.0. The largest absolute Gasteiger partial charge is 0.507 e. The molecule has 1 aromatic heterocycles. The normalized spacial score (nSPS) is 18.9. The van der Waals surface area contributed by atoms with Crippen LogP contribution in [-0.4, -0.2) is 27.7 Å². The van der Waals surface area contributed by atoms with Crippen molar-refractivity contribution in [3.63, 3.8) is 0 Å². The summed E-state index contributed by atoms with van der Waals surface area (Å²) >= 11 is 1.09. The molecule has 1 aliphatic carbocycles. The quantitative estimate of drug-likeness (QED) is 0.636. The van der Waals surface area contributed by atoms with E-state index < -0.39 is 29.8 Å². The van der Waals surface area contributed by atoms with Crippen molar-refractivity contribution in [3.05, 3.63) is 50.1 Å². The number of aliphatic hydroxyl groups is 1. The van der Waals surface area contributed by atoms with Gasteiger partial charge in [0.1, 0.15) is 16.7 Å². The Hall–Kier alpha value is -3.05. The number of allylic oxidation sites excluding steroid dienone is 4. The number of hydrogen-bond acceptors (Lipinski definition) is 6. The average Bonchev–Trinajstić information content (AvgIpc) is 3.15. The molecule has 3 rings (SSSR count). The molecule has 0 amide bonds. The van der Waals surface area contributed by atoms with Crippen molar-refractivity contribution in [2.75, 3.05) is 0 Å². The van der Waals surface area contributed by atoms with Gasteiger partial charge in [0.05, 0.1) is 17.7 Å². The van der Waals surface area contributed by atoms with E-state index in [9.17, 15) is 19.1 Å². The van der Waals surface area contributed by atoms with Gasteiger partial charge in [0, 0.05) is 28.6 Å². The summed E-state index contributed by atoms with van der Waals surface area (Å²) in [6.07, 6.45) is -0.540. The van der Waals surface area contributed by atoms with Crippen LogP contribution < -0.4 is 0 Å². The van der Waals surface area contributed by atoms with Gasteiger partial charge in [-0.2, -0.15) is 5.26 Å². The van der Waals surface area contributed by atoms with E-state index in [0.717, 1.165) is 11.3 Å². The topological polar surface area (TPSA) is 111 Å². The minimum Gasteiger partial charge on any atom is -0.507 e. The molecule has 0 unspecified atom stereocenters. The molecule has 0 saturated carbocycles. The van der Waals surface area contributed by atoms with E-state index in [1.54, 1.807) is 6.92 Å². The highest BCUT2D eigenvalue weighted by atomic mass is 32.1. The van der Waals surface area contributed by atoms with Gasteiger partial charge in [-0.25, -0.2) is 4.39 Å². The van der Waals surface area contributed by atoms with Crippen LogP contribution in [0.4, 0.5) is 4.39 Å². The minimum atomic E-state index is -1.15. The second-order valence-electron chi connectivity index (χ2n) is 5.53. The number of carboxylic acids is 1. The van der Waals surface area contributed by atoms with Gasteiger partial charge in [-0.05, 0) is 18.6 Å². The lowest BCUT2D eigenvalue weighted by molar-refractivity contribution is -0.136. The van der Waals surface area contributed by atoms with E-state index in [1.165, 1.54) is 11.4 Å². The van der Waals surface area contributed by atoms with Gasteiger partial charge in [0.15, 0.2) is 5.83 Å². The SMILES string of the molecule is CC1=C(CC(=O)O)C2=C(F)C(=O)C(=C(O)c3csc(C#N)c3)CC2=N1. The Morgan fingerprint density at radius 3 is 2.80 bits per heavy atom. The number of rotatable bonds is 3. The number of hydrogen-bond donors (Lipinski definition) is 2. The molecule has 0 atom stereocenters. The highest BCUT2D eigenvalue weighted by Crippen LogP contribution is 2.39. The van der Waals surface area contributed by atoms with E-state index in [0.29, 0.717) is 10.6 Å². The fraction of sp³-hybridized carbons (Fsp3) is 0.176. The Balaban J connectivity index is 2.07. The molecule has 126 valence electrons. The molecule has 2 heterocycles. The zero-order valence-corrected chi connectivity index (χ0v) is 13.8. The van der Waals surface area contributed by atoms with E-state index >= 15 is 0 Å². The molecule has 1 aromatic rings. The Morgan fingerprint density at radius 1 is 1.48 bits per heavy atom. The van der Waals surface area contributed by atoms with Crippen molar-refractivity contribution in [3.8, 4) is 6.07 Å². The maximum Gasteiger partial charge on any atom is 0.307 e. The number of carboxylic acid groups (broad SMARTS) is 1. The number of aliphatic carboxylic acids is 1. The second kappa shape index (κ2) is 6.11. The first-order valence-corrected chi connectivity index (χ1v) is 8.06. The summed E-state index contributed by atoms with van der Waals surface area (Å²) in [5, 5.41) is 29.7. The third-order valence-electron chi connectivity index (χ3n) is 3.96. The molecule has 2 aliphatic rings. The van der Waals surface area contributed by atoms with E-state index in [1.807, 2.05) is 6.07 Å². The van der Waals surface area contributed by atoms with Gasteiger partial charge in [-0.15, -0.1) is 11.3 Å². The molecule has 6 nitrogen and oxygen atoms in total. The number of thiophene rings is 1. The van der Waals surface area contributed by atoms with Crippen LogP contribution in [-0.2, 0) is 9.59 Å². The standard InChI is InChI=1S/C17H11FN2O4S/c1-7-10(4-13(21)22)14-12(20-7)3-11(17(24)15(14)18)16(23)8-2-9(5-19)25-6-8/h2,6,23H,3-4H2,1H3,(H,21,22). The van der Waals surface area contributed by atoms with Gasteiger partial charge >= 0.3 is 5.97 Å². The van der Waals surface area contributed by atoms with Gasteiger partial charge in [-0.3, -0.25) is 14.6 Å². The summed E-state index contributed by atoms with van der Waals surface area (Å²) in [6.45, 7) is 1.55. The number of aliphatic hydroxyl groups excluding tert-OH is 1. The molecule has 0 fully saturated rings. The Labute approximate surface area is 145 Å². The monoisotopic (exact) mass is 358 g/mol. The summed E-state index contributed by atoms with van der Waals surface area (Å²) in [7, 11) is 0. The molecule has 0 aromatic carbocycles. The summed E-state index contributed by atoms with van der Waals surface area (Å²) in [5.74, 6) is -3.65. The molecule has 0 saturated heterocycles. The van der Waals surface area contributed by atoms with Crippen LogP contribution in [0.15, 0.2) is 44.7 Å². The molecule has 25 heavy (non-hydrogen) atoms. The molecule has 0 bridgehead atoms. The first-order chi connectivity index (χ1) is 11.8. The van der Waals surface area contributed by atoms with E-state index in [-0.39, 0.29) is 34.4 Å². The Kier molecular flexibility index (Phi) is 4.10. The number of fused-ring (bicyclic) bond motifs is 1. The number of carbonyl (C=O) groups excluding carboxylic acids is 1. The van der Waals surface area contributed by atoms with Crippen molar-refractivity contribution >= 4 is 34.6 Å². The fourth-order valence-corrected chi connectivity index (χ4v) is 3.50. The summed E-state index contributed by atoms with van der Waals surface area (Å²) in [6, 6.07) is 3.33. The van der Waals surface area contributed by atoms with Gasteiger partial charge in [-0.1, -0.05) is 0 Å². The molecule has 0 radical (unpaired) electrons. The second-order valence-corrected chi connectivity index (χ2v) is 6.44. The average molecular weight is 358 g/mol. The number of carbonyl (C=O) groups is 2. The third kappa shape index (κ3) is 2.79. The van der Waals surface area contributed by atoms with Crippen LogP contribution in [0.3, 0.4) is 0 Å². The fourth-order valence-electron chi connectivity index (χ4n) is 2.81. The minimum absolute atomic E-state index is 0.0792. The number of halogens is 1. The lowest BCUT2D eigenvalue weighted by Gasteiger charge is -2.18. The van der Waals surface area contributed by atoms with E-state index in [4.69, 9.17) is 10.4 Å². The maximum absolute atomic E-state index is 14.6. The van der Waals surface area contributed by atoms with Crippen molar-refractivity contribution in [1.29, 1.82) is 5.26 Å². The van der Waals surface area contributed by atoms with Crippen molar-refractivity contribution < 1.29 is 24.2 Å². The van der Waals surface area contributed by atoms with Crippen LogP contribution in [0.5, 0.6) is 0 Å². The zero-order chi connectivity index (χ0) is 18.3. The molecule has 8 heteroatoms. The molecule has 0 spiro atoms. The van der Waals surface area contributed by atoms with Crippen LogP contribution >= 0.6 is 11.3 Å². The predicted octanol–water partition coefficient (Wildman–Crippen LogP) is 3.29. The summed E-state index contributed by atoms with van der Waals surface area (Å²) in [5.41, 5.74) is 0.766. The van der Waals surface area contributed by atoms with Crippen LogP contribution in [0.25, 0.3) is 5.76 Å². The lowest BCUT2D eigenvalue weighted by Crippen LogP contribution is -2.21. The highest BCUT2D eigenvalue weighted by Gasteiger charge is 2.37. The van der Waals surface area contributed by atoms with Crippen LogP contribution in [0, 0.1) is 11.3 Å². The third-order valence-corrected chi connectivity index (χ3v) is 4.80. The highest BCUT2D eigenvalue weighted by molar-refractivity contribution is 7.10. The Bertz CT molecular complexity index is 989. The number of aliphatic imine (C=N–C) groups is 1. The maximum atomic E-state index is 14.6. The summed E-state index contributed by atoms with van der Waals surface area (Å²) < 4.78 is 14.6. The molecule has 1 aliphatic heterocycles. The van der Waals surface area contributed by atoms with Crippen LogP contribution in [0.2, 0.25) is 0 Å². The lowest BCUT2D eigenvalue weighted by atomic mass is 9.85. The Morgan fingerprint density at radius 2 is 2.20 bits per heavy atom. The molecular formula is C17H11FN2O4S. The number of Topliss-reactive ketones (excluding diaryl/α,β-unsaturated/α-hetero) is 1. The van der Waals surface area contributed by atoms with E-state index in [2.05, 4.69) is 4.99 Å².